The molecule has 0 radical (unpaired) electrons. The molecule has 1 heterocycles. The highest BCUT2D eigenvalue weighted by Crippen LogP contribution is 2.33. The molecule has 2 rings (SSSR count). The molecule has 0 aromatic heterocycles. The molecule has 112 valence electrons. The van der Waals surface area contributed by atoms with Gasteiger partial charge in [0, 0.05) is 24.7 Å². The summed E-state index contributed by atoms with van der Waals surface area (Å²) < 4.78 is 5.86. The molecule has 1 N–H and O–H groups in total. The number of nitrogens with one attached hydrogen (secondary N) is 1. The lowest BCUT2D eigenvalue weighted by Gasteiger charge is -2.39. The second kappa shape index (κ2) is 6.55. The van der Waals surface area contributed by atoms with Crippen LogP contribution in [-0.2, 0) is 4.74 Å². The summed E-state index contributed by atoms with van der Waals surface area (Å²) in [7, 11) is 4.49. The smallest absolute Gasteiger partial charge is 0.0612 e. The number of hydrogen-bond donors (Lipinski definition) is 1. The highest BCUT2D eigenvalue weighted by molar-refractivity contribution is 4.95. The maximum absolute atomic E-state index is 5.86. The Morgan fingerprint density at radius 2 is 1.95 bits per heavy atom. The molecule has 2 fully saturated rings. The van der Waals surface area contributed by atoms with Crippen molar-refractivity contribution >= 4 is 0 Å². The molecule has 2 aliphatic rings. The maximum Gasteiger partial charge on any atom is 0.0612 e. The van der Waals surface area contributed by atoms with Crippen molar-refractivity contribution in [3.05, 3.63) is 0 Å². The molecule has 1 saturated carbocycles. The molecule has 0 aromatic carbocycles. The van der Waals surface area contributed by atoms with E-state index in [2.05, 4.69) is 38.2 Å². The normalized spacial score (nSPS) is 31.3. The van der Waals surface area contributed by atoms with Gasteiger partial charge in [0.15, 0.2) is 0 Å². The van der Waals surface area contributed by atoms with Crippen LogP contribution in [-0.4, -0.2) is 49.8 Å². The first kappa shape index (κ1) is 15.3. The van der Waals surface area contributed by atoms with Crippen LogP contribution >= 0.6 is 0 Å². The van der Waals surface area contributed by atoms with Crippen LogP contribution in [0.5, 0.6) is 0 Å². The Kier molecular flexibility index (Phi) is 5.27. The third kappa shape index (κ3) is 3.71. The van der Waals surface area contributed by atoms with E-state index in [0.717, 1.165) is 13.2 Å². The Morgan fingerprint density at radius 3 is 2.53 bits per heavy atom. The van der Waals surface area contributed by atoms with Gasteiger partial charge >= 0.3 is 0 Å². The number of nitrogens with zero attached hydrogens (tertiary/aromatic N) is 1. The first-order chi connectivity index (χ1) is 9.03. The van der Waals surface area contributed by atoms with E-state index in [1.807, 2.05) is 0 Å². The van der Waals surface area contributed by atoms with Gasteiger partial charge in [-0.2, -0.15) is 0 Å². The predicted octanol–water partition coefficient (Wildman–Crippen LogP) is 2.65. The van der Waals surface area contributed by atoms with E-state index in [-0.39, 0.29) is 0 Å². The molecule has 0 amide bonds. The Bertz CT molecular complexity index is 272. The van der Waals surface area contributed by atoms with Crippen molar-refractivity contribution in [3.8, 4) is 0 Å². The van der Waals surface area contributed by atoms with Gasteiger partial charge in [-0.05, 0) is 45.7 Å². The maximum atomic E-state index is 5.86. The summed E-state index contributed by atoms with van der Waals surface area (Å²) in [5.74, 6) is 0.638. The van der Waals surface area contributed by atoms with Gasteiger partial charge in [-0.3, -0.25) is 0 Å². The number of likely N-dealkylation sites (N-methyl/N-ethyl adjacent to an activating group) is 1. The van der Waals surface area contributed by atoms with Crippen LogP contribution in [0.3, 0.4) is 0 Å². The molecule has 3 nitrogen and oxygen atoms in total. The largest absolute Gasteiger partial charge is 0.378 e. The van der Waals surface area contributed by atoms with Crippen molar-refractivity contribution in [2.45, 2.75) is 70.1 Å². The summed E-state index contributed by atoms with van der Waals surface area (Å²) in [5.41, 5.74) is 0.408. The van der Waals surface area contributed by atoms with Crippen LogP contribution in [0.1, 0.15) is 52.4 Å². The Morgan fingerprint density at radius 1 is 1.26 bits per heavy atom. The van der Waals surface area contributed by atoms with Crippen molar-refractivity contribution < 1.29 is 4.74 Å². The second-order valence-corrected chi connectivity index (χ2v) is 7.08. The number of rotatable bonds is 5. The topological polar surface area (TPSA) is 24.5 Å². The first-order valence-electron chi connectivity index (χ1n) is 8.06. The zero-order valence-corrected chi connectivity index (χ0v) is 13.2. The molecule has 1 aliphatic heterocycles. The molecule has 0 spiro atoms. The number of hydrogen-bond acceptors (Lipinski definition) is 3. The third-order valence-electron chi connectivity index (χ3n) is 5.26. The molecule has 2 unspecified atom stereocenters. The molecule has 19 heavy (non-hydrogen) atoms. The van der Waals surface area contributed by atoms with E-state index in [4.69, 9.17) is 4.74 Å². The second-order valence-electron chi connectivity index (χ2n) is 7.08. The van der Waals surface area contributed by atoms with Gasteiger partial charge in [-0.1, -0.05) is 26.7 Å². The molecule has 1 aliphatic carbocycles. The van der Waals surface area contributed by atoms with Crippen LogP contribution in [0.25, 0.3) is 0 Å². The van der Waals surface area contributed by atoms with Crippen molar-refractivity contribution in [3.63, 3.8) is 0 Å². The SMILES string of the molecule is CC(C)C1CC(NCC2(N(C)C)CCCC2)CCO1. The van der Waals surface area contributed by atoms with Gasteiger partial charge in [0.1, 0.15) is 0 Å². The van der Waals surface area contributed by atoms with Gasteiger partial charge in [-0.15, -0.1) is 0 Å². The first-order valence-corrected chi connectivity index (χ1v) is 8.06. The number of ether oxygens (including phenoxy) is 1. The Hall–Kier alpha value is -0.120. The van der Waals surface area contributed by atoms with Crippen LogP contribution in [0, 0.1) is 5.92 Å². The quantitative estimate of drug-likeness (QED) is 0.829. The van der Waals surface area contributed by atoms with E-state index < -0.39 is 0 Å². The van der Waals surface area contributed by atoms with E-state index in [1.165, 1.54) is 38.5 Å². The zero-order chi connectivity index (χ0) is 13.9. The molecular formula is C16H32N2O. The molecule has 0 bridgehead atoms. The van der Waals surface area contributed by atoms with E-state index >= 15 is 0 Å². The van der Waals surface area contributed by atoms with E-state index in [1.54, 1.807) is 0 Å². The molecule has 2 atom stereocenters. The predicted molar refractivity (Wildman–Crippen MR) is 80.5 cm³/mol. The van der Waals surface area contributed by atoms with Crippen molar-refractivity contribution in [2.75, 3.05) is 27.2 Å². The Balaban J connectivity index is 1.84. The average Bonchev–Trinajstić information content (AvgIpc) is 2.87. The fourth-order valence-corrected chi connectivity index (χ4v) is 3.63. The van der Waals surface area contributed by atoms with Crippen LogP contribution < -0.4 is 5.32 Å². The lowest BCUT2D eigenvalue weighted by Crippen LogP contribution is -2.53. The van der Waals surface area contributed by atoms with Gasteiger partial charge in [0.25, 0.3) is 0 Å². The minimum Gasteiger partial charge on any atom is -0.378 e. The fourth-order valence-electron chi connectivity index (χ4n) is 3.63. The van der Waals surface area contributed by atoms with E-state index in [9.17, 15) is 0 Å². The van der Waals surface area contributed by atoms with Gasteiger partial charge in [-0.25, -0.2) is 0 Å². The molecular weight excluding hydrogens is 236 g/mol. The van der Waals surface area contributed by atoms with Crippen LogP contribution in [0.4, 0.5) is 0 Å². The van der Waals surface area contributed by atoms with Crippen molar-refractivity contribution in [1.82, 2.24) is 10.2 Å². The summed E-state index contributed by atoms with van der Waals surface area (Å²) in [6.07, 6.45) is 8.29. The summed E-state index contributed by atoms with van der Waals surface area (Å²) >= 11 is 0. The monoisotopic (exact) mass is 268 g/mol. The molecule has 0 aromatic rings. The highest BCUT2D eigenvalue weighted by Gasteiger charge is 2.36. The standard InChI is InChI=1S/C16H32N2O/c1-13(2)15-11-14(7-10-19-15)17-12-16(18(3)4)8-5-6-9-16/h13-15,17H,5-12H2,1-4H3. The zero-order valence-electron chi connectivity index (χ0n) is 13.2. The van der Waals surface area contributed by atoms with E-state index in [0.29, 0.717) is 23.6 Å². The van der Waals surface area contributed by atoms with Gasteiger partial charge in [0.2, 0.25) is 0 Å². The van der Waals surface area contributed by atoms with Crippen LogP contribution in [0.2, 0.25) is 0 Å². The summed E-state index contributed by atoms with van der Waals surface area (Å²) in [6.45, 7) is 6.61. The third-order valence-corrected chi connectivity index (χ3v) is 5.26. The van der Waals surface area contributed by atoms with Gasteiger partial charge < -0.3 is 15.0 Å². The minimum atomic E-state index is 0.408. The Labute approximate surface area is 119 Å². The summed E-state index contributed by atoms with van der Waals surface area (Å²) in [4.78, 5) is 2.45. The van der Waals surface area contributed by atoms with Crippen molar-refractivity contribution in [1.29, 1.82) is 0 Å². The van der Waals surface area contributed by atoms with Crippen LogP contribution in [0.15, 0.2) is 0 Å². The molecule has 1 saturated heterocycles. The highest BCUT2D eigenvalue weighted by atomic mass is 16.5. The average molecular weight is 268 g/mol. The lowest BCUT2D eigenvalue weighted by atomic mass is 9.92. The summed E-state index contributed by atoms with van der Waals surface area (Å²) in [6, 6.07) is 0.651. The van der Waals surface area contributed by atoms with Crippen molar-refractivity contribution in [2.24, 2.45) is 5.92 Å². The van der Waals surface area contributed by atoms with Gasteiger partial charge in [0.05, 0.1) is 6.10 Å². The minimum absolute atomic E-state index is 0.408. The molecule has 3 heteroatoms. The lowest BCUT2D eigenvalue weighted by molar-refractivity contribution is -0.0263. The summed E-state index contributed by atoms with van der Waals surface area (Å²) in [5, 5.41) is 3.85. The fraction of sp³-hybridized carbons (Fsp3) is 1.00.